The number of piperidine rings is 1. The summed E-state index contributed by atoms with van der Waals surface area (Å²) in [6.45, 7) is 4.66. The quantitative estimate of drug-likeness (QED) is 0.502. The van der Waals surface area contributed by atoms with Gasteiger partial charge in [-0.05, 0) is 73.2 Å². The van der Waals surface area contributed by atoms with Crippen molar-refractivity contribution >= 4 is 21.8 Å². The van der Waals surface area contributed by atoms with E-state index in [9.17, 15) is 18.0 Å². The molecule has 0 aromatic heterocycles. The summed E-state index contributed by atoms with van der Waals surface area (Å²) >= 11 is 0. The monoisotopic (exact) mass is 527 g/mol. The highest BCUT2D eigenvalue weighted by Gasteiger charge is 2.42. The zero-order chi connectivity index (χ0) is 26.0. The first kappa shape index (κ1) is 25.2. The number of hydrogen-bond donors (Lipinski definition) is 2. The molecule has 2 amide bonds. The molecule has 5 rings (SSSR count). The smallest absolute Gasteiger partial charge is 0.251 e. The van der Waals surface area contributed by atoms with Crippen LogP contribution in [0.4, 0.5) is 0 Å². The van der Waals surface area contributed by atoms with Crippen LogP contribution in [0.25, 0.3) is 0 Å². The van der Waals surface area contributed by atoms with Crippen LogP contribution in [0.1, 0.15) is 28.8 Å². The van der Waals surface area contributed by atoms with Crippen molar-refractivity contribution in [3.8, 4) is 11.5 Å². The molecule has 0 bridgehead atoms. The van der Waals surface area contributed by atoms with E-state index in [1.165, 1.54) is 34.6 Å². The second-order valence-electron chi connectivity index (χ2n) is 9.24. The van der Waals surface area contributed by atoms with Crippen molar-refractivity contribution in [1.82, 2.24) is 14.9 Å². The number of carbonyl (C=O) groups is 2. The van der Waals surface area contributed by atoms with Crippen LogP contribution in [-0.4, -0.2) is 63.3 Å². The number of fused-ring (bicyclic) bond motifs is 2. The number of nitrogens with one attached hydrogen (secondary N) is 2. The van der Waals surface area contributed by atoms with Gasteiger partial charge in [0, 0.05) is 25.2 Å². The maximum absolute atomic E-state index is 13.2. The van der Waals surface area contributed by atoms with E-state index in [-0.39, 0.29) is 42.1 Å². The lowest BCUT2D eigenvalue weighted by Gasteiger charge is -2.33. The van der Waals surface area contributed by atoms with E-state index < -0.39 is 16.3 Å². The Hall–Kier alpha value is -3.41. The van der Waals surface area contributed by atoms with Crippen LogP contribution < -0.4 is 20.1 Å². The third kappa shape index (κ3) is 5.48. The minimum Gasteiger partial charge on any atom is -0.454 e. The third-order valence-corrected chi connectivity index (χ3v) is 8.77. The maximum atomic E-state index is 13.2. The summed E-state index contributed by atoms with van der Waals surface area (Å²) in [5, 5.41) is 5.59. The molecule has 2 fully saturated rings. The minimum atomic E-state index is -3.75. The highest BCUT2D eigenvalue weighted by Crippen LogP contribution is 2.35. The summed E-state index contributed by atoms with van der Waals surface area (Å²) in [6, 6.07) is 11.6. The fraction of sp³-hybridized carbons (Fsp3) is 0.385. The third-order valence-electron chi connectivity index (χ3n) is 6.89. The number of carbonyl (C=O) groups excluding carboxylic acids is 2. The van der Waals surface area contributed by atoms with E-state index in [1.54, 1.807) is 0 Å². The van der Waals surface area contributed by atoms with Gasteiger partial charge in [0.15, 0.2) is 11.5 Å². The maximum Gasteiger partial charge on any atom is 0.251 e. The second kappa shape index (κ2) is 10.5. The molecular weight excluding hydrogens is 498 g/mol. The number of ether oxygens (including phenoxy) is 3. The number of rotatable bonds is 8. The molecule has 0 aliphatic carbocycles. The Morgan fingerprint density at radius 2 is 1.89 bits per heavy atom. The molecule has 3 aliphatic heterocycles. The molecule has 2 aromatic rings. The van der Waals surface area contributed by atoms with Gasteiger partial charge >= 0.3 is 0 Å². The molecule has 3 heterocycles. The number of nitrogens with zero attached hydrogens (tertiary/aromatic N) is 1. The van der Waals surface area contributed by atoms with E-state index in [0.29, 0.717) is 49.4 Å². The molecule has 0 radical (unpaired) electrons. The predicted octanol–water partition coefficient (Wildman–Crippen LogP) is 1.82. The van der Waals surface area contributed by atoms with E-state index >= 15 is 0 Å². The first-order valence-corrected chi connectivity index (χ1v) is 13.6. The van der Waals surface area contributed by atoms with Crippen molar-refractivity contribution in [2.75, 3.05) is 26.4 Å². The number of hydrogen-bond acceptors (Lipinski definition) is 7. The highest BCUT2D eigenvalue weighted by atomic mass is 32.2. The number of amides is 2. The van der Waals surface area contributed by atoms with Crippen LogP contribution in [0.15, 0.2) is 60.0 Å². The van der Waals surface area contributed by atoms with Gasteiger partial charge in [-0.1, -0.05) is 12.6 Å². The normalized spacial score (nSPS) is 22.8. The summed E-state index contributed by atoms with van der Waals surface area (Å²) in [5.41, 5.74) is 1.39. The van der Waals surface area contributed by atoms with Gasteiger partial charge in [-0.3, -0.25) is 9.59 Å². The molecule has 0 spiro atoms. The Labute approximate surface area is 215 Å². The highest BCUT2D eigenvalue weighted by molar-refractivity contribution is 7.89. The van der Waals surface area contributed by atoms with Gasteiger partial charge in [0.1, 0.15) is 6.23 Å². The van der Waals surface area contributed by atoms with Gasteiger partial charge in [0.2, 0.25) is 22.7 Å². The molecule has 11 heteroatoms. The average Bonchev–Trinajstić information content (AvgIpc) is 3.54. The summed E-state index contributed by atoms with van der Waals surface area (Å²) in [5.74, 6) is 1.00. The fourth-order valence-corrected chi connectivity index (χ4v) is 6.34. The van der Waals surface area contributed by atoms with Crippen LogP contribution in [0.5, 0.6) is 11.5 Å². The van der Waals surface area contributed by atoms with Crippen LogP contribution in [0, 0.1) is 5.92 Å². The lowest BCUT2D eigenvalue weighted by Crippen LogP contribution is -2.45. The van der Waals surface area contributed by atoms with Gasteiger partial charge in [0.05, 0.1) is 11.0 Å². The lowest BCUT2D eigenvalue weighted by atomic mass is 9.94. The number of benzene rings is 2. The molecule has 3 unspecified atom stereocenters. The van der Waals surface area contributed by atoms with Crippen LogP contribution in [0.2, 0.25) is 0 Å². The number of sulfonamides is 1. The Morgan fingerprint density at radius 3 is 2.68 bits per heavy atom. The van der Waals surface area contributed by atoms with Gasteiger partial charge in [0.25, 0.3) is 5.91 Å². The van der Waals surface area contributed by atoms with Gasteiger partial charge in [-0.15, -0.1) is 0 Å². The molecule has 2 aromatic carbocycles. The van der Waals surface area contributed by atoms with E-state index in [2.05, 4.69) is 17.2 Å². The summed E-state index contributed by atoms with van der Waals surface area (Å²) < 4.78 is 44.5. The zero-order valence-electron chi connectivity index (χ0n) is 20.2. The van der Waals surface area contributed by atoms with Crippen molar-refractivity contribution in [3.05, 3.63) is 66.2 Å². The average molecular weight is 528 g/mol. The van der Waals surface area contributed by atoms with Crippen molar-refractivity contribution < 1.29 is 32.2 Å². The Bertz CT molecular complexity index is 1300. The van der Waals surface area contributed by atoms with Gasteiger partial charge in [-0.2, -0.15) is 4.31 Å². The van der Waals surface area contributed by atoms with Crippen LogP contribution in [-0.2, 0) is 26.0 Å². The predicted molar refractivity (Wildman–Crippen MR) is 134 cm³/mol. The SMILES string of the molecule is C=CC(=O)NC1CC2CCN(S(=O)(=O)c3ccc(C(=O)NCCc4ccc5c(c4)OCO5)cc3)CC2O1. The molecular formula is C26H29N3O7S. The molecule has 2 saturated heterocycles. The van der Waals surface area contributed by atoms with Crippen molar-refractivity contribution in [1.29, 1.82) is 0 Å². The van der Waals surface area contributed by atoms with E-state index in [4.69, 9.17) is 14.2 Å². The van der Waals surface area contributed by atoms with E-state index in [0.717, 1.165) is 5.56 Å². The molecule has 0 saturated carbocycles. The fourth-order valence-electron chi connectivity index (χ4n) is 4.88. The van der Waals surface area contributed by atoms with Gasteiger partial charge in [-0.25, -0.2) is 8.42 Å². The molecule has 3 atom stereocenters. The Kier molecular flexibility index (Phi) is 7.18. The zero-order valence-corrected chi connectivity index (χ0v) is 21.0. The van der Waals surface area contributed by atoms with E-state index in [1.807, 2.05) is 18.2 Å². The molecule has 196 valence electrons. The van der Waals surface area contributed by atoms with Crippen molar-refractivity contribution in [2.45, 2.75) is 36.5 Å². The molecule has 37 heavy (non-hydrogen) atoms. The molecule has 10 nitrogen and oxygen atoms in total. The van der Waals surface area contributed by atoms with Crippen molar-refractivity contribution in [3.63, 3.8) is 0 Å². The Morgan fingerprint density at radius 1 is 1.11 bits per heavy atom. The first-order valence-electron chi connectivity index (χ1n) is 12.2. The molecule has 2 N–H and O–H groups in total. The van der Waals surface area contributed by atoms with Crippen LogP contribution >= 0.6 is 0 Å². The topological polar surface area (TPSA) is 123 Å². The van der Waals surface area contributed by atoms with Crippen molar-refractivity contribution in [2.24, 2.45) is 5.92 Å². The standard InChI is InChI=1S/C26H29N3O7S/c1-2-24(30)28-25-14-19-10-12-29(15-23(19)36-25)37(32,33)20-6-4-18(5-7-20)26(31)27-11-9-17-3-8-21-22(13-17)35-16-34-21/h2-8,13,19,23,25H,1,9-12,14-16H2,(H,27,31)(H,28,30). The van der Waals surface area contributed by atoms with Gasteiger partial charge < -0.3 is 24.8 Å². The largest absolute Gasteiger partial charge is 0.454 e. The first-order chi connectivity index (χ1) is 17.8. The summed E-state index contributed by atoms with van der Waals surface area (Å²) in [7, 11) is -3.75. The lowest BCUT2D eigenvalue weighted by molar-refractivity contribution is -0.120. The second-order valence-corrected chi connectivity index (χ2v) is 11.2. The summed E-state index contributed by atoms with van der Waals surface area (Å²) in [6.07, 6.45) is 2.38. The van der Waals surface area contributed by atoms with Crippen LogP contribution in [0.3, 0.4) is 0 Å². The summed E-state index contributed by atoms with van der Waals surface area (Å²) in [4.78, 5) is 24.3. The molecule has 3 aliphatic rings. The minimum absolute atomic E-state index is 0.123. The Balaban J connectivity index is 1.15.